The molecule has 0 radical (unpaired) electrons. The van der Waals surface area contributed by atoms with Crippen LogP contribution >= 0.6 is 23.2 Å². The van der Waals surface area contributed by atoms with Crippen molar-refractivity contribution in [3.8, 4) is 5.75 Å². The fourth-order valence-electron chi connectivity index (χ4n) is 1.06. The summed E-state index contributed by atoms with van der Waals surface area (Å²) in [5.74, 6) is -0.511. The summed E-state index contributed by atoms with van der Waals surface area (Å²) in [7, 11) is 1.45. The SMILES string of the molecule is COc1cc(Cl)c(Cl)cc1CC(=O)O. The summed E-state index contributed by atoms with van der Waals surface area (Å²) in [6, 6.07) is 3.00. The molecule has 1 rings (SSSR count). The van der Waals surface area contributed by atoms with Crippen molar-refractivity contribution in [1.29, 1.82) is 0 Å². The van der Waals surface area contributed by atoms with Crippen molar-refractivity contribution in [3.63, 3.8) is 0 Å². The van der Waals surface area contributed by atoms with Crippen LogP contribution in [0.15, 0.2) is 12.1 Å². The van der Waals surface area contributed by atoms with E-state index in [9.17, 15) is 4.79 Å². The highest BCUT2D eigenvalue weighted by Crippen LogP contribution is 2.30. The van der Waals surface area contributed by atoms with Crippen LogP contribution in [0.1, 0.15) is 5.56 Å². The number of carbonyl (C=O) groups is 1. The Morgan fingerprint density at radius 3 is 2.50 bits per heavy atom. The van der Waals surface area contributed by atoms with Gasteiger partial charge in [0.25, 0.3) is 0 Å². The van der Waals surface area contributed by atoms with Crippen LogP contribution in [-0.2, 0) is 11.2 Å². The van der Waals surface area contributed by atoms with Crippen molar-refractivity contribution in [2.24, 2.45) is 0 Å². The van der Waals surface area contributed by atoms with Crippen molar-refractivity contribution in [1.82, 2.24) is 0 Å². The Morgan fingerprint density at radius 2 is 2.00 bits per heavy atom. The van der Waals surface area contributed by atoms with E-state index in [1.807, 2.05) is 0 Å². The number of aliphatic carboxylic acids is 1. The lowest BCUT2D eigenvalue weighted by molar-refractivity contribution is -0.136. The van der Waals surface area contributed by atoms with Crippen molar-refractivity contribution in [3.05, 3.63) is 27.7 Å². The normalized spacial score (nSPS) is 9.93. The summed E-state index contributed by atoms with van der Waals surface area (Å²) >= 11 is 11.5. The van der Waals surface area contributed by atoms with E-state index in [2.05, 4.69) is 0 Å². The summed E-state index contributed by atoms with van der Waals surface area (Å²) in [5, 5.41) is 9.28. The van der Waals surface area contributed by atoms with Crippen molar-refractivity contribution in [2.45, 2.75) is 6.42 Å². The maximum Gasteiger partial charge on any atom is 0.307 e. The summed E-state index contributed by atoms with van der Waals surface area (Å²) in [5.41, 5.74) is 0.509. The molecule has 0 aliphatic heterocycles. The molecule has 0 saturated carbocycles. The van der Waals surface area contributed by atoms with Gasteiger partial charge in [0, 0.05) is 11.6 Å². The van der Waals surface area contributed by atoms with Gasteiger partial charge in [-0.15, -0.1) is 0 Å². The molecular weight excluding hydrogens is 227 g/mol. The minimum absolute atomic E-state index is 0.139. The van der Waals surface area contributed by atoms with E-state index in [4.69, 9.17) is 33.0 Å². The number of hydrogen-bond donors (Lipinski definition) is 1. The molecule has 1 N–H and O–H groups in total. The molecule has 1 aromatic rings. The zero-order valence-electron chi connectivity index (χ0n) is 7.38. The van der Waals surface area contributed by atoms with Crippen LogP contribution < -0.4 is 4.74 Å². The standard InChI is InChI=1S/C9H8Cl2O3/c1-14-8-4-7(11)6(10)2-5(8)3-9(12)13/h2,4H,3H2,1H3,(H,12,13). The number of benzene rings is 1. The lowest BCUT2D eigenvalue weighted by Crippen LogP contribution is -2.02. The first-order valence-corrected chi connectivity index (χ1v) is 4.54. The van der Waals surface area contributed by atoms with Gasteiger partial charge in [-0.1, -0.05) is 23.2 Å². The van der Waals surface area contributed by atoms with E-state index >= 15 is 0 Å². The lowest BCUT2D eigenvalue weighted by Gasteiger charge is -2.07. The second-order valence-corrected chi connectivity index (χ2v) is 3.46. The number of methoxy groups -OCH3 is 1. The third kappa shape index (κ3) is 2.53. The zero-order valence-corrected chi connectivity index (χ0v) is 8.89. The van der Waals surface area contributed by atoms with E-state index in [0.717, 1.165) is 0 Å². The van der Waals surface area contributed by atoms with Gasteiger partial charge in [-0.2, -0.15) is 0 Å². The summed E-state index contributed by atoms with van der Waals surface area (Å²) in [6.45, 7) is 0. The molecule has 3 nitrogen and oxygen atoms in total. The smallest absolute Gasteiger partial charge is 0.307 e. The third-order valence-electron chi connectivity index (χ3n) is 1.67. The van der Waals surface area contributed by atoms with Gasteiger partial charge in [-0.3, -0.25) is 4.79 Å². The Hall–Kier alpha value is -0.930. The minimum atomic E-state index is -0.943. The highest BCUT2D eigenvalue weighted by Gasteiger charge is 2.10. The average Bonchev–Trinajstić information content (AvgIpc) is 2.10. The largest absolute Gasteiger partial charge is 0.496 e. The summed E-state index contributed by atoms with van der Waals surface area (Å²) in [4.78, 5) is 10.5. The number of rotatable bonds is 3. The van der Waals surface area contributed by atoms with Crippen LogP contribution in [0.3, 0.4) is 0 Å². The van der Waals surface area contributed by atoms with Crippen molar-refractivity contribution >= 4 is 29.2 Å². The number of ether oxygens (including phenoxy) is 1. The monoisotopic (exact) mass is 234 g/mol. The summed E-state index contributed by atoms with van der Waals surface area (Å²) in [6.07, 6.45) is -0.139. The van der Waals surface area contributed by atoms with E-state index in [-0.39, 0.29) is 6.42 Å². The molecule has 0 aliphatic rings. The van der Waals surface area contributed by atoms with Crippen molar-refractivity contribution in [2.75, 3.05) is 7.11 Å². The van der Waals surface area contributed by atoms with Gasteiger partial charge in [0.2, 0.25) is 0 Å². The minimum Gasteiger partial charge on any atom is -0.496 e. The molecular formula is C9H8Cl2O3. The van der Waals surface area contributed by atoms with Crippen LogP contribution in [0, 0.1) is 0 Å². The first-order valence-electron chi connectivity index (χ1n) is 3.78. The highest BCUT2D eigenvalue weighted by molar-refractivity contribution is 6.42. The van der Waals surface area contributed by atoms with E-state index in [1.165, 1.54) is 19.2 Å². The molecule has 14 heavy (non-hydrogen) atoms. The molecule has 0 unspecified atom stereocenters. The molecule has 0 aliphatic carbocycles. The second kappa shape index (κ2) is 4.53. The van der Waals surface area contributed by atoms with Crippen LogP contribution in [-0.4, -0.2) is 18.2 Å². The van der Waals surface area contributed by atoms with E-state index in [0.29, 0.717) is 21.4 Å². The molecule has 0 bridgehead atoms. The van der Waals surface area contributed by atoms with Gasteiger partial charge >= 0.3 is 5.97 Å². The van der Waals surface area contributed by atoms with E-state index < -0.39 is 5.97 Å². The fraction of sp³-hybridized carbons (Fsp3) is 0.222. The number of carboxylic acids is 1. The maximum atomic E-state index is 10.5. The molecule has 1 aromatic carbocycles. The van der Waals surface area contributed by atoms with Crippen LogP contribution in [0.2, 0.25) is 10.0 Å². The first-order chi connectivity index (χ1) is 6.54. The van der Waals surface area contributed by atoms with Crippen LogP contribution in [0.4, 0.5) is 0 Å². The summed E-state index contributed by atoms with van der Waals surface area (Å²) < 4.78 is 4.98. The van der Waals surface area contributed by atoms with Gasteiger partial charge in [0.1, 0.15) is 5.75 Å². The molecule has 0 spiro atoms. The maximum absolute atomic E-state index is 10.5. The highest BCUT2D eigenvalue weighted by atomic mass is 35.5. The van der Waals surface area contributed by atoms with Crippen LogP contribution in [0.25, 0.3) is 0 Å². The Balaban J connectivity index is 3.13. The number of halogens is 2. The van der Waals surface area contributed by atoms with Gasteiger partial charge in [0.15, 0.2) is 0 Å². The molecule has 0 aromatic heterocycles. The Morgan fingerprint density at radius 1 is 1.43 bits per heavy atom. The number of hydrogen-bond acceptors (Lipinski definition) is 2. The molecule has 0 heterocycles. The lowest BCUT2D eigenvalue weighted by atomic mass is 10.1. The number of carboxylic acid groups (broad SMARTS) is 1. The van der Waals surface area contributed by atoms with Crippen LogP contribution in [0.5, 0.6) is 5.75 Å². The molecule has 5 heteroatoms. The zero-order chi connectivity index (χ0) is 10.7. The van der Waals surface area contributed by atoms with Gasteiger partial charge in [-0.05, 0) is 6.07 Å². The molecule has 0 saturated heterocycles. The van der Waals surface area contributed by atoms with Crippen molar-refractivity contribution < 1.29 is 14.6 Å². The molecule has 0 amide bonds. The van der Waals surface area contributed by atoms with Gasteiger partial charge < -0.3 is 9.84 Å². The predicted octanol–water partition coefficient (Wildman–Crippen LogP) is 2.63. The average molecular weight is 235 g/mol. The molecule has 76 valence electrons. The predicted molar refractivity (Wildman–Crippen MR) is 54.4 cm³/mol. The second-order valence-electron chi connectivity index (χ2n) is 2.65. The Bertz CT molecular complexity index is 363. The Labute approximate surface area is 91.2 Å². The van der Waals surface area contributed by atoms with E-state index in [1.54, 1.807) is 0 Å². The quantitative estimate of drug-likeness (QED) is 0.875. The van der Waals surface area contributed by atoms with Gasteiger partial charge in [0.05, 0.1) is 23.6 Å². The topological polar surface area (TPSA) is 46.5 Å². The molecule has 0 atom stereocenters. The first kappa shape index (κ1) is 11.1. The molecule has 0 fully saturated rings. The third-order valence-corrected chi connectivity index (χ3v) is 2.39. The van der Waals surface area contributed by atoms with Gasteiger partial charge in [-0.25, -0.2) is 0 Å². The Kier molecular flexibility index (Phi) is 3.61. The fourth-order valence-corrected chi connectivity index (χ4v) is 1.40.